The molecule has 0 bridgehead atoms. The van der Waals surface area contributed by atoms with Gasteiger partial charge in [0.2, 0.25) is 11.9 Å². The highest BCUT2D eigenvalue weighted by Crippen LogP contribution is 2.39. The number of halogens is 2. The van der Waals surface area contributed by atoms with E-state index in [1.165, 1.54) is 18.2 Å². The Morgan fingerprint density at radius 2 is 1.78 bits per heavy atom. The molecule has 3 aromatic rings. The third kappa shape index (κ3) is 4.26. The zero-order chi connectivity index (χ0) is 23.3. The van der Waals surface area contributed by atoms with Gasteiger partial charge in [-0.25, -0.2) is 13.8 Å². The summed E-state index contributed by atoms with van der Waals surface area (Å²) in [5.74, 6) is -0.787. The van der Waals surface area contributed by atoms with E-state index in [1.54, 1.807) is 32.0 Å². The lowest BCUT2D eigenvalue weighted by Gasteiger charge is -2.30. The number of nitrogens with zero attached hydrogens (tertiary/aromatic N) is 2. The van der Waals surface area contributed by atoms with Gasteiger partial charge in [0.05, 0.1) is 11.1 Å². The predicted octanol–water partition coefficient (Wildman–Crippen LogP) is 5.57. The number of aliphatic hydroxyl groups is 1. The summed E-state index contributed by atoms with van der Waals surface area (Å²) in [4.78, 5) is 17.4. The van der Waals surface area contributed by atoms with Crippen LogP contribution in [0, 0.1) is 11.6 Å². The molecule has 0 radical (unpaired) electrons. The topological polar surface area (TPSA) is 67.2 Å². The summed E-state index contributed by atoms with van der Waals surface area (Å²) in [7, 11) is 0. The standard InChI is InChI=1S/C25H29F2N3O2/c1-24(2,15-8-10-17(26)11-9-15)14-21(31)28-23-29-22-19(27)12-16(25(3,4)32)13-20(22)30(23)18-6-5-7-18/h8-13,18,32H,5-7,14H2,1-4H3,(H,28,29,31). The molecule has 0 saturated heterocycles. The lowest BCUT2D eigenvalue weighted by Crippen LogP contribution is -2.28. The van der Waals surface area contributed by atoms with Crippen LogP contribution in [0.3, 0.4) is 0 Å². The van der Waals surface area contributed by atoms with Gasteiger partial charge in [-0.2, -0.15) is 0 Å². The smallest absolute Gasteiger partial charge is 0.227 e. The Hall–Kier alpha value is -2.80. The number of hydrogen-bond acceptors (Lipinski definition) is 3. The number of anilines is 1. The van der Waals surface area contributed by atoms with Crippen molar-refractivity contribution in [2.75, 3.05) is 5.32 Å². The first-order valence-electron chi connectivity index (χ1n) is 11.0. The zero-order valence-electron chi connectivity index (χ0n) is 18.9. The first-order chi connectivity index (χ1) is 15.0. The van der Waals surface area contributed by atoms with E-state index in [1.807, 2.05) is 18.4 Å². The predicted molar refractivity (Wildman–Crippen MR) is 120 cm³/mol. The third-order valence-corrected chi connectivity index (χ3v) is 6.37. The summed E-state index contributed by atoms with van der Waals surface area (Å²) in [6, 6.07) is 9.30. The van der Waals surface area contributed by atoms with Gasteiger partial charge in [-0.05, 0) is 73.9 Å². The highest BCUT2D eigenvalue weighted by molar-refractivity contribution is 5.92. The summed E-state index contributed by atoms with van der Waals surface area (Å²) < 4.78 is 30.1. The molecule has 1 heterocycles. The van der Waals surface area contributed by atoms with Crippen molar-refractivity contribution in [3.63, 3.8) is 0 Å². The third-order valence-electron chi connectivity index (χ3n) is 6.37. The van der Waals surface area contributed by atoms with Crippen LogP contribution in [0.5, 0.6) is 0 Å². The number of nitrogens with one attached hydrogen (secondary N) is 1. The minimum absolute atomic E-state index is 0.122. The normalized spacial score (nSPS) is 15.1. The maximum absolute atomic E-state index is 14.9. The molecule has 1 saturated carbocycles. The Bertz CT molecular complexity index is 1160. The lowest BCUT2D eigenvalue weighted by atomic mass is 9.81. The van der Waals surface area contributed by atoms with Crippen LogP contribution in [0.2, 0.25) is 0 Å². The molecule has 2 aromatic carbocycles. The molecule has 1 aliphatic rings. The number of fused-ring (bicyclic) bond motifs is 1. The van der Waals surface area contributed by atoms with Gasteiger partial charge in [0.15, 0.2) is 5.82 Å². The second-order valence-electron chi connectivity index (χ2n) is 9.89. The van der Waals surface area contributed by atoms with Gasteiger partial charge in [0.25, 0.3) is 0 Å². The fourth-order valence-corrected chi connectivity index (χ4v) is 4.18. The fraction of sp³-hybridized carbons (Fsp3) is 0.440. The Balaban J connectivity index is 1.67. The molecule has 1 fully saturated rings. The van der Waals surface area contributed by atoms with Crippen LogP contribution in [0.1, 0.15) is 70.5 Å². The number of hydrogen-bond donors (Lipinski definition) is 2. The van der Waals surface area contributed by atoms with E-state index < -0.39 is 16.8 Å². The number of imidazole rings is 1. The molecule has 1 aromatic heterocycles. The largest absolute Gasteiger partial charge is 0.386 e. The number of benzene rings is 2. The molecule has 2 N–H and O–H groups in total. The Morgan fingerprint density at radius 1 is 1.12 bits per heavy atom. The molecule has 170 valence electrons. The van der Waals surface area contributed by atoms with Crippen molar-refractivity contribution in [2.24, 2.45) is 0 Å². The Morgan fingerprint density at radius 3 is 2.34 bits per heavy atom. The van der Waals surface area contributed by atoms with E-state index in [-0.39, 0.29) is 29.7 Å². The lowest BCUT2D eigenvalue weighted by molar-refractivity contribution is -0.117. The molecule has 0 atom stereocenters. The van der Waals surface area contributed by atoms with Crippen molar-refractivity contribution in [3.05, 3.63) is 59.2 Å². The molecule has 0 aliphatic heterocycles. The molecular formula is C25H29F2N3O2. The van der Waals surface area contributed by atoms with E-state index in [4.69, 9.17) is 0 Å². The number of amides is 1. The second-order valence-corrected chi connectivity index (χ2v) is 9.89. The minimum Gasteiger partial charge on any atom is -0.386 e. The quantitative estimate of drug-likeness (QED) is 0.525. The Kier molecular flexibility index (Phi) is 5.57. The fourth-order valence-electron chi connectivity index (χ4n) is 4.18. The summed E-state index contributed by atoms with van der Waals surface area (Å²) in [5.41, 5.74) is 0.329. The van der Waals surface area contributed by atoms with Crippen molar-refractivity contribution in [1.29, 1.82) is 0 Å². The van der Waals surface area contributed by atoms with Crippen LogP contribution >= 0.6 is 0 Å². The molecular weight excluding hydrogens is 412 g/mol. The number of carbonyl (C=O) groups excluding carboxylic acids is 1. The number of aromatic nitrogens is 2. The van der Waals surface area contributed by atoms with Crippen molar-refractivity contribution in [3.8, 4) is 0 Å². The highest BCUT2D eigenvalue weighted by atomic mass is 19.1. The van der Waals surface area contributed by atoms with E-state index in [2.05, 4.69) is 10.3 Å². The summed E-state index contributed by atoms with van der Waals surface area (Å²) in [5, 5.41) is 13.3. The summed E-state index contributed by atoms with van der Waals surface area (Å²) in [6.07, 6.45) is 3.06. The van der Waals surface area contributed by atoms with Crippen LogP contribution in [0.25, 0.3) is 11.0 Å². The van der Waals surface area contributed by atoms with E-state index in [0.717, 1.165) is 24.8 Å². The van der Waals surface area contributed by atoms with E-state index >= 15 is 0 Å². The van der Waals surface area contributed by atoms with Crippen LogP contribution in [-0.4, -0.2) is 20.6 Å². The molecule has 1 amide bonds. The first kappa shape index (κ1) is 22.4. The highest BCUT2D eigenvalue weighted by Gasteiger charge is 2.30. The molecule has 5 nitrogen and oxygen atoms in total. The van der Waals surface area contributed by atoms with Gasteiger partial charge in [-0.3, -0.25) is 10.1 Å². The van der Waals surface area contributed by atoms with Crippen molar-refractivity contribution >= 4 is 22.9 Å². The second kappa shape index (κ2) is 7.96. The van der Waals surface area contributed by atoms with Crippen LogP contribution < -0.4 is 5.32 Å². The Labute approximate surface area is 186 Å². The summed E-state index contributed by atoms with van der Waals surface area (Å²) >= 11 is 0. The monoisotopic (exact) mass is 441 g/mol. The number of rotatable bonds is 6. The molecule has 32 heavy (non-hydrogen) atoms. The molecule has 0 spiro atoms. The van der Waals surface area contributed by atoms with Gasteiger partial charge in [0, 0.05) is 12.5 Å². The van der Waals surface area contributed by atoms with Crippen molar-refractivity contribution in [2.45, 2.75) is 70.4 Å². The zero-order valence-corrected chi connectivity index (χ0v) is 18.9. The molecule has 1 aliphatic carbocycles. The SMILES string of the molecule is CC(C)(O)c1cc(F)c2nc(NC(=O)CC(C)(C)c3ccc(F)cc3)n(C3CCC3)c2c1. The maximum atomic E-state index is 14.9. The average Bonchev–Trinajstić information content (AvgIpc) is 2.98. The van der Waals surface area contributed by atoms with Crippen molar-refractivity contribution in [1.82, 2.24) is 9.55 Å². The van der Waals surface area contributed by atoms with Gasteiger partial charge < -0.3 is 9.67 Å². The van der Waals surface area contributed by atoms with Crippen LogP contribution in [-0.2, 0) is 15.8 Å². The van der Waals surface area contributed by atoms with Gasteiger partial charge in [-0.15, -0.1) is 0 Å². The molecule has 7 heteroatoms. The van der Waals surface area contributed by atoms with Gasteiger partial charge >= 0.3 is 0 Å². The molecule has 4 rings (SSSR count). The van der Waals surface area contributed by atoms with Gasteiger partial charge in [0.1, 0.15) is 11.3 Å². The first-order valence-corrected chi connectivity index (χ1v) is 11.0. The van der Waals surface area contributed by atoms with Gasteiger partial charge in [-0.1, -0.05) is 26.0 Å². The maximum Gasteiger partial charge on any atom is 0.227 e. The number of carbonyl (C=O) groups is 1. The van der Waals surface area contributed by atoms with Crippen LogP contribution in [0.4, 0.5) is 14.7 Å². The van der Waals surface area contributed by atoms with E-state index in [0.29, 0.717) is 17.0 Å². The molecule has 0 unspecified atom stereocenters. The summed E-state index contributed by atoms with van der Waals surface area (Å²) in [6.45, 7) is 7.06. The van der Waals surface area contributed by atoms with Crippen molar-refractivity contribution < 1.29 is 18.7 Å². The van der Waals surface area contributed by atoms with Crippen LogP contribution in [0.15, 0.2) is 36.4 Å². The average molecular weight is 442 g/mol. The van der Waals surface area contributed by atoms with E-state index in [9.17, 15) is 18.7 Å². The minimum atomic E-state index is -1.20.